The minimum Gasteiger partial charge on any atom is -0.325 e. The third-order valence-electron chi connectivity index (χ3n) is 3.85. The van der Waals surface area contributed by atoms with E-state index in [-0.39, 0.29) is 11.4 Å². The monoisotopic (exact) mass is 280 g/mol. The molecule has 1 fully saturated rings. The van der Waals surface area contributed by atoms with E-state index >= 15 is 0 Å². The average Bonchev–Trinajstić information content (AvgIpc) is 2.34. The molecular formula is C15H21ClN2O. The van der Waals surface area contributed by atoms with Gasteiger partial charge in [0, 0.05) is 12.0 Å². The summed E-state index contributed by atoms with van der Waals surface area (Å²) < 4.78 is 0. The number of carbonyl (C=O) groups excluding carboxylic acids is 1. The minimum absolute atomic E-state index is 0.0411. The van der Waals surface area contributed by atoms with Crippen molar-refractivity contribution in [1.29, 1.82) is 0 Å². The van der Waals surface area contributed by atoms with Crippen LogP contribution in [0.15, 0.2) is 18.2 Å². The van der Waals surface area contributed by atoms with Gasteiger partial charge in [0.25, 0.3) is 0 Å². The Morgan fingerprint density at radius 1 is 1.37 bits per heavy atom. The molecule has 0 aliphatic heterocycles. The number of para-hydroxylation sites is 1. The lowest BCUT2D eigenvalue weighted by atomic mass is 9.80. The van der Waals surface area contributed by atoms with Crippen LogP contribution >= 0.6 is 11.6 Å². The summed E-state index contributed by atoms with van der Waals surface area (Å²) in [7, 11) is 0. The van der Waals surface area contributed by atoms with E-state index in [1.807, 2.05) is 19.1 Å². The largest absolute Gasteiger partial charge is 0.325 e. The molecule has 0 radical (unpaired) electrons. The zero-order valence-corrected chi connectivity index (χ0v) is 12.1. The van der Waals surface area contributed by atoms with Crippen LogP contribution in [0, 0.1) is 6.92 Å². The average molecular weight is 281 g/mol. The third kappa shape index (κ3) is 3.71. The molecule has 0 saturated heterocycles. The molecule has 1 aromatic carbocycles. The van der Waals surface area contributed by atoms with E-state index in [1.54, 1.807) is 6.07 Å². The number of halogens is 1. The lowest BCUT2D eigenvalue weighted by Gasteiger charge is -2.32. The molecule has 4 heteroatoms. The molecule has 0 unspecified atom stereocenters. The van der Waals surface area contributed by atoms with Gasteiger partial charge in [0.2, 0.25) is 5.91 Å². The van der Waals surface area contributed by atoms with Gasteiger partial charge in [-0.15, -0.1) is 0 Å². The topological polar surface area (TPSA) is 55.1 Å². The quantitative estimate of drug-likeness (QED) is 0.888. The van der Waals surface area contributed by atoms with Crippen LogP contribution in [0.2, 0.25) is 5.02 Å². The second kappa shape index (κ2) is 5.93. The Bertz CT molecular complexity index is 447. The van der Waals surface area contributed by atoms with Crippen molar-refractivity contribution in [1.82, 2.24) is 0 Å². The van der Waals surface area contributed by atoms with Crippen LogP contribution in [0.1, 0.15) is 44.1 Å². The molecule has 0 aromatic heterocycles. The van der Waals surface area contributed by atoms with Crippen molar-refractivity contribution in [2.75, 3.05) is 5.32 Å². The van der Waals surface area contributed by atoms with E-state index < -0.39 is 0 Å². The Morgan fingerprint density at radius 3 is 2.68 bits per heavy atom. The van der Waals surface area contributed by atoms with Gasteiger partial charge < -0.3 is 11.1 Å². The molecule has 1 aromatic rings. The second-order valence-corrected chi connectivity index (χ2v) is 5.99. The van der Waals surface area contributed by atoms with Gasteiger partial charge in [0.1, 0.15) is 0 Å². The lowest BCUT2D eigenvalue weighted by molar-refractivity contribution is -0.117. The van der Waals surface area contributed by atoms with Crippen molar-refractivity contribution in [2.24, 2.45) is 5.73 Å². The summed E-state index contributed by atoms with van der Waals surface area (Å²) in [5.74, 6) is -0.0411. The van der Waals surface area contributed by atoms with E-state index in [1.165, 1.54) is 6.42 Å². The number of hydrogen-bond donors (Lipinski definition) is 2. The van der Waals surface area contributed by atoms with Crippen LogP contribution in [0.3, 0.4) is 0 Å². The van der Waals surface area contributed by atoms with E-state index in [4.69, 9.17) is 17.3 Å². The second-order valence-electron chi connectivity index (χ2n) is 5.58. The number of carbonyl (C=O) groups is 1. The highest BCUT2D eigenvalue weighted by atomic mass is 35.5. The number of nitrogens with two attached hydrogens (primary N) is 1. The first-order valence-corrected chi connectivity index (χ1v) is 7.22. The maximum Gasteiger partial charge on any atom is 0.226 e. The van der Waals surface area contributed by atoms with Crippen LogP contribution in [0.5, 0.6) is 0 Å². The predicted octanol–water partition coefficient (Wildman–Crippen LogP) is 3.64. The van der Waals surface area contributed by atoms with Crippen LogP contribution in [-0.4, -0.2) is 11.4 Å². The Labute approximate surface area is 119 Å². The van der Waals surface area contributed by atoms with Gasteiger partial charge in [0.05, 0.1) is 10.7 Å². The summed E-state index contributed by atoms with van der Waals surface area (Å²) >= 11 is 6.11. The van der Waals surface area contributed by atoms with Gasteiger partial charge in [-0.2, -0.15) is 0 Å². The van der Waals surface area contributed by atoms with Crippen molar-refractivity contribution < 1.29 is 4.79 Å². The fraction of sp³-hybridized carbons (Fsp3) is 0.533. The molecule has 0 spiro atoms. The first-order chi connectivity index (χ1) is 9.00. The Balaban J connectivity index is 2.01. The molecule has 1 aliphatic rings. The van der Waals surface area contributed by atoms with Gasteiger partial charge in [-0.3, -0.25) is 4.79 Å². The smallest absolute Gasteiger partial charge is 0.226 e. The van der Waals surface area contributed by atoms with Gasteiger partial charge >= 0.3 is 0 Å². The van der Waals surface area contributed by atoms with Crippen molar-refractivity contribution in [3.63, 3.8) is 0 Å². The Kier molecular flexibility index (Phi) is 4.48. The van der Waals surface area contributed by atoms with Crippen molar-refractivity contribution in [3.8, 4) is 0 Å². The first-order valence-electron chi connectivity index (χ1n) is 6.84. The first kappa shape index (κ1) is 14.4. The van der Waals surface area contributed by atoms with Crippen molar-refractivity contribution in [3.05, 3.63) is 28.8 Å². The number of anilines is 1. The molecule has 0 bridgehead atoms. The maximum absolute atomic E-state index is 12.1. The highest BCUT2D eigenvalue weighted by molar-refractivity contribution is 6.33. The number of benzene rings is 1. The molecule has 1 amide bonds. The standard InChI is InChI=1S/C15H21ClN2O/c1-11-6-5-7-12(16)14(11)18-13(19)10-15(17)8-3-2-4-9-15/h5-7H,2-4,8-10,17H2,1H3,(H,18,19). The van der Waals surface area contributed by atoms with Crippen LogP contribution in [-0.2, 0) is 4.79 Å². The number of rotatable bonds is 3. The molecular weight excluding hydrogens is 260 g/mol. The number of nitrogens with one attached hydrogen (secondary N) is 1. The lowest BCUT2D eigenvalue weighted by Crippen LogP contribution is -2.44. The molecule has 1 aliphatic carbocycles. The zero-order valence-electron chi connectivity index (χ0n) is 11.3. The zero-order chi connectivity index (χ0) is 13.9. The predicted molar refractivity (Wildman–Crippen MR) is 79.4 cm³/mol. The number of amides is 1. The fourth-order valence-electron chi connectivity index (χ4n) is 2.73. The normalized spacial score (nSPS) is 18.1. The summed E-state index contributed by atoms with van der Waals surface area (Å²) in [5.41, 5.74) is 7.63. The SMILES string of the molecule is Cc1cccc(Cl)c1NC(=O)CC1(N)CCCCC1. The highest BCUT2D eigenvalue weighted by Crippen LogP contribution is 2.30. The molecule has 3 N–H and O–H groups in total. The van der Waals surface area contributed by atoms with Gasteiger partial charge in [-0.05, 0) is 31.4 Å². The summed E-state index contributed by atoms with van der Waals surface area (Å²) in [6.45, 7) is 1.93. The molecule has 1 saturated carbocycles. The summed E-state index contributed by atoms with van der Waals surface area (Å²) in [5, 5.41) is 3.47. The van der Waals surface area contributed by atoms with Gasteiger partial charge in [-0.1, -0.05) is 43.0 Å². The maximum atomic E-state index is 12.1. The summed E-state index contributed by atoms with van der Waals surface area (Å²) in [6, 6.07) is 5.59. The van der Waals surface area contributed by atoms with Crippen LogP contribution in [0.25, 0.3) is 0 Å². The molecule has 0 heterocycles. The van der Waals surface area contributed by atoms with E-state index in [2.05, 4.69) is 5.32 Å². The van der Waals surface area contributed by atoms with E-state index in [0.717, 1.165) is 31.2 Å². The number of hydrogen-bond acceptors (Lipinski definition) is 2. The fourth-order valence-corrected chi connectivity index (χ4v) is 3.00. The van der Waals surface area contributed by atoms with Gasteiger partial charge in [0.15, 0.2) is 0 Å². The van der Waals surface area contributed by atoms with E-state index in [0.29, 0.717) is 17.1 Å². The van der Waals surface area contributed by atoms with E-state index in [9.17, 15) is 4.79 Å². The molecule has 2 rings (SSSR count). The van der Waals surface area contributed by atoms with Crippen molar-refractivity contribution in [2.45, 2.75) is 51.0 Å². The van der Waals surface area contributed by atoms with Crippen molar-refractivity contribution >= 4 is 23.2 Å². The van der Waals surface area contributed by atoms with Crippen LogP contribution in [0.4, 0.5) is 5.69 Å². The van der Waals surface area contributed by atoms with Crippen LogP contribution < -0.4 is 11.1 Å². The summed E-state index contributed by atoms with van der Waals surface area (Å²) in [4.78, 5) is 12.1. The Hall–Kier alpha value is -1.06. The Morgan fingerprint density at radius 2 is 2.05 bits per heavy atom. The molecule has 0 atom stereocenters. The van der Waals surface area contributed by atoms with Gasteiger partial charge in [-0.25, -0.2) is 0 Å². The molecule has 3 nitrogen and oxygen atoms in total. The summed E-state index contributed by atoms with van der Waals surface area (Å²) in [6.07, 6.45) is 5.70. The third-order valence-corrected chi connectivity index (χ3v) is 4.16. The molecule has 104 valence electrons. The molecule has 19 heavy (non-hydrogen) atoms. The minimum atomic E-state index is -0.336. The number of aryl methyl sites for hydroxylation is 1. The highest BCUT2D eigenvalue weighted by Gasteiger charge is 2.30.